The zero-order valence-corrected chi connectivity index (χ0v) is 19.5. The Balaban J connectivity index is 1.72. The van der Waals surface area contributed by atoms with Crippen molar-refractivity contribution in [2.45, 2.75) is 51.9 Å². The second kappa shape index (κ2) is 11.3. The molecule has 0 bridgehead atoms. The molecule has 11 heteroatoms. The maximum absolute atomic E-state index is 12.5. The van der Waals surface area contributed by atoms with Crippen LogP contribution in [0, 0.1) is 0 Å². The van der Waals surface area contributed by atoms with Crippen LogP contribution in [0.25, 0.3) is 17.1 Å². The van der Waals surface area contributed by atoms with Gasteiger partial charge in [-0.2, -0.15) is 5.10 Å². The van der Waals surface area contributed by atoms with Crippen molar-refractivity contribution in [1.29, 1.82) is 0 Å². The lowest BCUT2D eigenvalue weighted by Gasteiger charge is -2.13. The number of hydroxylamine groups is 1. The van der Waals surface area contributed by atoms with Crippen molar-refractivity contribution in [2.24, 2.45) is 0 Å². The van der Waals surface area contributed by atoms with Crippen LogP contribution in [0.5, 0.6) is 11.5 Å². The topological polar surface area (TPSA) is 170 Å². The first-order valence-corrected chi connectivity index (χ1v) is 11.3. The number of unbranched alkanes of at least 4 members (excludes halogenated alkanes) is 2. The Morgan fingerprint density at radius 3 is 2.29 bits per heavy atom. The van der Waals surface area contributed by atoms with Gasteiger partial charge in [0.25, 0.3) is 0 Å². The minimum atomic E-state index is -0.509. The number of amides is 2. The first-order chi connectivity index (χ1) is 16.7. The molecule has 3 aromatic rings. The van der Waals surface area contributed by atoms with Crippen molar-refractivity contribution in [2.75, 3.05) is 5.32 Å². The molecular formula is C24H29N5O6. The summed E-state index contributed by atoms with van der Waals surface area (Å²) in [7, 11) is 0. The van der Waals surface area contributed by atoms with E-state index in [0.717, 1.165) is 0 Å². The number of nitrogens with one attached hydrogen (secondary N) is 3. The van der Waals surface area contributed by atoms with Gasteiger partial charge in [-0.15, -0.1) is 0 Å². The lowest BCUT2D eigenvalue weighted by atomic mass is 9.98. The van der Waals surface area contributed by atoms with Crippen LogP contribution in [0.3, 0.4) is 0 Å². The SMILES string of the molecule is CC(C)c1cc(-c2n[nH]c(=O)n2-c2ccc(NC(=O)CCCCCC(=O)NO)cc2)c(O)cc1O. The molecule has 0 spiro atoms. The molecular weight excluding hydrogens is 454 g/mol. The number of phenols is 2. The average Bonchev–Trinajstić information content (AvgIpc) is 3.20. The first kappa shape index (κ1) is 25.5. The Labute approximate surface area is 201 Å². The second-order valence-electron chi connectivity index (χ2n) is 8.46. The molecule has 3 rings (SSSR count). The summed E-state index contributed by atoms with van der Waals surface area (Å²) in [5.41, 5.74) is 2.98. The highest BCUT2D eigenvalue weighted by atomic mass is 16.5. The van der Waals surface area contributed by atoms with E-state index in [1.807, 2.05) is 13.8 Å². The molecule has 0 aliphatic carbocycles. The maximum atomic E-state index is 12.5. The second-order valence-corrected chi connectivity index (χ2v) is 8.46. The van der Waals surface area contributed by atoms with E-state index in [1.54, 1.807) is 35.8 Å². The fourth-order valence-electron chi connectivity index (χ4n) is 3.67. The molecule has 11 nitrogen and oxygen atoms in total. The molecule has 0 aliphatic heterocycles. The number of phenolic OH excluding ortho intramolecular Hbond substituents is 2. The van der Waals surface area contributed by atoms with Crippen LogP contribution >= 0.6 is 0 Å². The Bertz CT molecular complexity index is 1250. The highest BCUT2D eigenvalue weighted by Crippen LogP contribution is 2.37. The molecule has 35 heavy (non-hydrogen) atoms. The summed E-state index contributed by atoms with van der Waals surface area (Å²) in [6.45, 7) is 3.80. The van der Waals surface area contributed by atoms with Crippen molar-refractivity contribution in [3.8, 4) is 28.6 Å². The minimum absolute atomic E-state index is 0.0172. The molecule has 6 N–H and O–H groups in total. The zero-order chi connectivity index (χ0) is 25.5. The van der Waals surface area contributed by atoms with E-state index in [-0.39, 0.29) is 42.0 Å². The van der Waals surface area contributed by atoms with Crippen LogP contribution < -0.4 is 16.5 Å². The van der Waals surface area contributed by atoms with Gasteiger partial charge in [-0.1, -0.05) is 20.3 Å². The minimum Gasteiger partial charge on any atom is -0.508 e. The Morgan fingerprint density at radius 2 is 1.66 bits per heavy atom. The molecule has 1 aromatic heterocycles. The largest absolute Gasteiger partial charge is 0.508 e. The van der Waals surface area contributed by atoms with Crippen LogP contribution in [0.4, 0.5) is 5.69 Å². The summed E-state index contributed by atoms with van der Waals surface area (Å²) < 4.78 is 1.30. The number of anilines is 1. The van der Waals surface area contributed by atoms with E-state index in [1.165, 1.54) is 10.6 Å². The summed E-state index contributed by atoms with van der Waals surface area (Å²) in [4.78, 5) is 35.7. The highest BCUT2D eigenvalue weighted by molar-refractivity contribution is 5.90. The van der Waals surface area contributed by atoms with Gasteiger partial charge in [0.05, 0.1) is 11.3 Å². The van der Waals surface area contributed by atoms with Crippen molar-refractivity contribution in [3.63, 3.8) is 0 Å². The number of hydrogen-bond donors (Lipinski definition) is 6. The van der Waals surface area contributed by atoms with Crippen molar-refractivity contribution < 1.29 is 25.0 Å². The zero-order valence-electron chi connectivity index (χ0n) is 19.5. The quantitative estimate of drug-likeness (QED) is 0.146. The number of aromatic amines is 1. The number of nitrogens with zero attached hydrogens (tertiary/aromatic N) is 2. The molecule has 2 aromatic carbocycles. The summed E-state index contributed by atoms with van der Waals surface area (Å²) in [6.07, 6.45) is 2.34. The number of aromatic nitrogens is 3. The molecule has 186 valence electrons. The van der Waals surface area contributed by atoms with Gasteiger partial charge in [0, 0.05) is 24.6 Å². The van der Waals surface area contributed by atoms with Gasteiger partial charge in [0.2, 0.25) is 11.8 Å². The van der Waals surface area contributed by atoms with Gasteiger partial charge >= 0.3 is 5.69 Å². The number of carbonyl (C=O) groups excluding carboxylic acids is 2. The number of carbonyl (C=O) groups is 2. The lowest BCUT2D eigenvalue weighted by Crippen LogP contribution is -2.17. The molecule has 0 saturated heterocycles. The predicted octanol–water partition coefficient (Wildman–Crippen LogP) is 3.16. The van der Waals surface area contributed by atoms with E-state index < -0.39 is 11.6 Å². The van der Waals surface area contributed by atoms with Gasteiger partial charge in [-0.05, 0) is 54.7 Å². The Morgan fingerprint density at radius 1 is 1.00 bits per heavy atom. The molecule has 2 amide bonds. The molecule has 0 radical (unpaired) electrons. The first-order valence-electron chi connectivity index (χ1n) is 11.3. The van der Waals surface area contributed by atoms with Crippen LogP contribution in [0.1, 0.15) is 57.4 Å². The van der Waals surface area contributed by atoms with Crippen molar-refractivity contribution in [1.82, 2.24) is 20.2 Å². The number of hydrogen-bond acceptors (Lipinski definition) is 7. The third-order valence-electron chi connectivity index (χ3n) is 5.52. The van der Waals surface area contributed by atoms with Crippen LogP contribution in [0.15, 0.2) is 41.2 Å². The fraction of sp³-hybridized carbons (Fsp3) is 0.333. The van der Waals surface area contributed by atoms with Crippen LogP contribution in [-0.2, 0) is 9.59 Å². The third kappa shape index (κ3) is 6.27. The number of H-pyrrole nitrogens is 1. The van der Waals surface area contributed by atoms with Gasteiger partial charge in [0.1, 0.15) is 11.5 Å². The van der Waals surface area contributed by atoms with Gasteiger partial charge < -0.3 is 15.5 Å². The summed E-state index contributed by atoms with van der Waals surface area (Å²) in [5.74, 6) is -0.719. The number of aromatic hydroxyl groups is 2. The van der Waals surface area contributed by atoms with Crippen molar-refractivity contribution >= 4 is 17.5 Å². The van der Waals surface area contributed by atoms with Gasteiger partial charge in [0.15, 0.2) is 5.82 Å². The Kier molecular flexibility index (Phi) is 8.26. The molecule has 0 aliphatic rings. The third-order valence-corrected chi connectivity index (χ3v) is 5.52. The standard InChI is InChI=1S/C24H29N5O6/c1-14(2)17-12-18(20(31)13-19(17)30)23-26-27-24(34)29(23)16-10-8-15(9-11-16)25-21(32)6-4-3-5-7-22(33)28-35/h8-14,30-31,35H,3-7H2,1-2H3,(H,25,32)(H,27,34)(H,28,33). The number of rotatable bonds is 10. The van der Waals surface area contributed by atoms with E-state index >= 15 is 0 Å². The Hall–Kier alpha value is -4.12. The normalized spacial score (nSPS) is 11.0. The summed E-state index contributed by atoms with van der Waals surface area (Å²) in [5, 5.41) is 38.2. The molecule has 0 atom stereocenters. The molecule has 0 saturated carbocycles. The van der Waals surface area contributed by atoms with E-state index in [4.69, 9.17) is 5.21 Å². The molecule has 0 unspecified atom stereocenters. The summed E-state index contributed by atoms with van der Waals surface area (Å²) >= 11 is 0. The van der Waals surface area contributed by atoms with Crippen molar-refractivity contribution in [3.05, 3.63) is 52.4 Å². The van der Waals surface area contributed by atoms with E-state index in [0.29, 0.717) is 41.8 Å². The van der Waals surface area contributed by atoms with Gasteiger partial charge in [-0.3, -0.25) is 14.8 Å². The van der Waals surface area contributed by atoms with Gasteiger partial charge in [-0.25, -0.2) is 19.9 Å². The van der Waals surface area contributed by atoms with E-state index in [2.05, 4.69) is 15.5 Å². The molecule has 1 heterocycles. The lowest BCUT2D eigenvalue weighted by molar-refractivity contribution is -0.129. The van der Waals surface area contributed by atoms with Crippen LogP contribution in [-0.4, -0.2) is 42.0 Å². The van der Waals surface area contributed by atoms with Crippen LogP contribution in [0.2, 0.25) is 0 Å². The summed E-state index contributed by atoms with van der Waals surface area (Å²) in [6, 6.07) is 9.42. The number of benzene rings is 2. The highest BCUT2D eigenvalue weighted by Gasteiger charge is 2.19. The van der Waals surface area contributed by atoms with E-state index in [9.17, 15) is 24.6 Å². The predicted molar refractivity (Wildman–Crippen MR) is 129 cm³/mol. The smallest absolute Gasteiger partial charge is 0.348 e. The average molecular weight is 484 g/mol. The maximum Gasteiger partial charge on any atom is 0.348 e. The molecule has 0 fully saturated rings. The monoisotopic (exact) mass is 483 g/mol. The fourth-order valence-corrected chi connectivity index (χ4v) is 3.67.